The zero-order valence-electron chi connectivity index (χ0n) is 10.4. The average molecular weight is 248 g/mol. The summed E-state index contributed by atoms with van der Waals surface area (Å²) < 4.78 is 5.71. The molecule has 0 aromatic heterocycles. The van der Waals surface area contributed by atoms with Crippen LogP contribution in [0.1, 0.15) is 33.6 Å². The molecule has 1 fully saturated rings. The third-order valence-electron chi connectivity index (χ3n) is 2.77. The zero-order chi connectivity index (χ0) is 13.1. The van der Waals surface area contributed by atoms with Crippen LogP contribution in [-0.2, 0) is 0 Å². The summed E-state index contributed by atoms with van der Waals surface area (Å²) in [6.45, 7) is 0. The fraction of sp³-hybridized carbons (Fsp3) is 0.385. The van der Waals surface area contributed by atoms with Crippen molar-refractivity contribution in [1.82, 2.24) is 10.6 Å². The molecule has 0 unspecified atom stereocenters. The summed E-state index contributed by atoms with van der Waals surface area (Å²) in [5.41, 5.74) is 0.788. The van der Waals surface area contributed by atoms with Gasteiger partial charge in [0.05, 0.1) is 17.2 Å². The molecule has 2 amide bonds. The highest BCUT2D eigenvalue weighted by molar-refractivity contribution is 6.03. The van der Waals surface area contributed by atoms with Crippen molar-refractivity contribution < 1.29 is 14.3 Å². The fourth-order valence-electron chi connectivity index (χ4n) is 1.64. The molecule has 1 aromatic carbocycles. The van der Waals surface area contributed by atoms with Gasteiger partial charge in [0.15, 0.2) is 0 Å². The lowest BCUT2D eigenvalue weighted by atomic mass is 10.1. The summed E-state index contributed by atoms with van der Waals surface area (Å²) in [7, 11) is 3.10. The van der Waals surface area contributed by atoms with E-state index in [-0.39, 0.29) is 17.9 Å². The van der Waals surface area contributed by atoms with Crippen LogP contribution in [0.4, 0.5) is 0 Å². The number of hydrogen-bond donors (Lipinski definition) is 2. The third-order valence-corrected chi connectivity index (χ3v) is 2.77. The van der Waals surface area contributed by atoms with Gasteiger partial charge in [-0.2, -0.15) is 0 Å². The van der Waals surface area contributed by atoms with E-state index in [0.717, 1.165) is 12.8 Å². The van der Waals surface area contributed by atoms with Gasteiger partial charge in [0.2, 0.25) is 0 Å². The number of benzene rings is 1. The molecule has 0 atom stereocenters. The van der Waals surface area contributed by atoms with Crippen molar-refractivity contribution in [1.29, 1.82) is 0 Å². The molecule has 0 heterocycles. The highest BCUT2D eigenvalue weighted by atomic mass is 16.5. The van der Waals surface area contributed by atoms with E-state index in [9.17, 15) is 9.59 Å². The molecule has 1 saturated carbocycles. The van der Waals surface area contributed by atoms with Crippen LogP contribution in [0, 0.1) is 0 Å². The van der Waals surface area contributed by atoms with Crippen molar-refractivity contribution in [2.75, 3.05) is 14.1 Å². The van der Waals surface area contributed by atoms with E-state index in [1.807, 2.05) is 0 Å². The number of rotatable bonds is 4. The maximum absolute atomic E-state index is 11.8. The Kier molecular flexibility index (Phi) is 3.50. The molecule has 96 valence electrons. The molecule has 2 N–H and O–H groups in total. The number of ether oxygens (including phenoxy) is 1. The van der Waals surface area contributed by atoms with Gasteiger partial charge in [-0.3, -0.25) is 9.59 Å². The number of carbonyl (C=O) groups is 2. The van der Waals surface area contributed by atoms with Crippen LogP contribution in [-0.4, -0.2) is 32.0 Å². The molecule has 0 spiro atoms. The van der Waals surface area contributed by atoms with Crippen molar-refractivity contribution in [3.63, 3.8) is 0 Å². The zero-order valence-corrected chi connectivity index (χ0v) is 10.4. The number of nitrogens with one attached hydrogen (secondary N) is 2. The maximum atomic E-state index is 11.8. The largest absolute Gasteiger partial charge is 0.489 e. The number of hydrogen-bond acceptors (Lipinski definition) is 3. The topological polar surface area (TPSA) is 67.4 Å². The van der Waals surface area contributed by atoms with Crippen molar-refractivity contribution in [2.24, 2.45) is 0 Å². The summed E-state index contributed by atoms with van der Waals surface area (Å²) >= 11 is 0. The lowest BCUT2D eigenvalue weighted by Crippen LogP contribution is -2.23. The predicted octanol–water partition coefficient (Wildman–Crippen LogP) is 0.947. The monoisotopic (exact) mass is 248 g/mol. The summed E-state index contributed by atoms with van der Waals surface area (Å²) in [6.07, 6.45) is 2.06. The minimum absolute atomic E-state index is 0.124. The van der Waals surface area contributed by atoms with Crippen molar-refractivity contribution in [3.8, 4) is 5.75 Å². The molecule has 2 rings (SSSR count). The Morgan fingerprint density at radius 3 is 2.00 bits per heavy atom. The van der Waals surface area contributed by atoms with E-state index >= 15 is 0 Å². The van der Waals surface area contributed by atoms with Crippen LogP contribution in [0.2, 0.25) is 0 Å². The predicted molar refractivity (Wildman–Crippen MR) is 66.9 cm³/mol. The molecule has 1 aliphatic rings. The Balaban J connectivity index is 2.44. The molecule has 0 radical (unpaired) electrons. The normalized spacial score (nSPS) is 13.9. The van der Waals surface area contributed by atoms with Gasteiger partial charge in [0, 0.05) is 14.1 Å². The van der Waals surface area contributed by atoms with Gasteiger partial charge in [-0.05, 0) is 25.0 Å². The molecular weight excluding hydrogens is 232 g/mol. The first-order valence-electron chi connectivity index (χ1n) is 5.91. The first-order chi connectivity index (χ1) is 8.67. The van der Waals surface area contributed by atoms with Gasteiger partial charge < -0.3 is 15.4 Å². The minimum atomic E-state index is -0.253. The van der Waals surface area contributed by atoms with Crippen molar-refractivity contribution in [2.45, 2.75) is 18.9 Å². The Hall–Kier alpha value is -2.04. The van der Waals surface area contributed by atoms with Gasteiger partial charge >= 0.3 is 0 Å². The molecule has 1 aliphatic carbocycles. The quantitative estimate of drug-likeness (QED) is 0.833. The van der Waals surface area contributed by atoms with Gasteiger partial charge in [0.25, 0.3) is 11.8 Å². The van der Waals surface area contributed by atoms with Crippen LogP contribution in [0.5, 0.6) is 5.75 Å². The van der Waals surface area contributed by atoms with Gasteiger partial charge in [-0.15, -0.1) is 0 Å². The SMILES string of the molecule is CNC(=O)c1cccc(C(=O)NC)c1OC1CC1. The first-order valence-corrected chi connectivity index (χ1v) is 5.91. The highest BCUT2D eigenvalue weighted by Crippen LogP contribution is 2.32. The summed E-state index contributed by atoms with van der Waals surface area (Å²) in [5, 5.41) is 5.10. The molecule has 5 heteroatoms. The average Bonchev–Trinajstić information content (AvgIpc) is 3.21. The Morgan fingerprint density at radius 2 is 1.61 bits per heavy atom. The number of carbonyl (C=O) groups excluding carboxylic acids is 2. The van der Waals surface area contributed by atoms with E-state index in [4.69, 9.17) is 4.74 Å². The lowest BCUT2D eigenvalue weighted by Gasteiger charge is -2.14. The van der Waals surface area contributed by atoms with Crippen LogP contribution in [0.3, 0.4) is 0 Å². The van der Waals surface area contributed by atoms with Crippen LogP contribution < -0.4 is 15.4 Å². The molecule has 18 heavy (non-hydrogen) atoms. The fourth-order valence-corrected chi connectivity index (χ4v) is 1.64. The minimum Gasteiger partial charge on any atom is -0.489 e. The van der Waals surface area contributed by atoms with E-state index in [2.05, 4.69) is 10.6 Å². The van der Waals surface area contributed by atoms with Crippen molar-refractivity contribution >= 4 is 11.8 Å². The summed E-state index contributed by atoms with van der Waals surface area (Å²) in [4.78, 5) is 23.6. The highest BCUT2D eigenvalue weighted by Gasteiger charge is 2.28. The molecule has 5 nitrogen and oxygen atoms in total. The third kappa shape index (κ3) is 2.45. The van der Waals surface area contributed by atoms with Gasteiger partial charge in [-0.25, -0.2) is 0 Å². The second-order valence-corrected chi connectivity index (χ2v) is 4.16. The second kappa shape index (κ2) is 5.08. The molecular formula is C13H16N2O3. The standard InChI is InChI=1S/C13H16N2O3/c1-14-12(16)9-4-3-5-10(13(17)15-2)11(9)18-8-6-7-8/h3-5,8H,6-7H2,1-2H3,(H,14,16)(H,15,17). The lowest BCUT2D eigenvalue weighted by molar-refractivity contribution is 0.0955. The summed E-state index contributed by atoms with van der Waals surface area (Å²) in [6, 6.07) is 4.99. The Morgan fingerprint density at radius 1 is 1.11 bits per heavy atom. The number of para-hydroxylation sites is 1. The van der Waals surface area contributed by atoms with Crippen LogP contribution >= 0.6 is 0 Å². The molecule has 0 saturated heterocycles. The van der Waals surface area contributed by atoms with Crippen LogP contribution in [0.15, 0.2) is 18.2 Å². The second-order valence-electron chi connectivity index (χ2n) is 4.16. The van der Waals surface area contributed by atoms with E-state index in [1.54, 1.807) is 32.3 Å². The molecule has 0 bridgehead atoms. The smallest absolute Gasteiger partial charge is 0.254 e. The Bertz CT molecular complexity index is 447. The molecule has 0 aliphatic heterocycles. The van der Waals surface area contributed by atoms with E-state index in [1.165, 1.54) is 0 Å². The van der Waals surface area contributed by atoms with Gasteiger partial charge in [0.1, 0.15) is 5.75 Å². The van der Waals surface area contributed by atoms with E-state index in [0.29, 0.717) is 16.9 Å². The summed E-state index contributed by atoms with van der Waals surface area (Å²) in [5.74, 6) is -0.133. The first kappa shape index (κ1) is 12.4. The van der Waals surface area contributed by atoms with Gasteiger partial charge in [-0.1, -0.05) is 6.07 Å². The van der Waals surface area contributed by atoms with Crippen molar-refractivity contribution in [3.05, 3.63) is 29.3 Å². The van der Waals surface area contributed by atoms with Crippen LogP contribution in [0.25, 0.3) is 0 Å². The maximum Gasteiger partial charge on any atom is 0.254 e. The van der Waals surface area contributed by atoms with E-state index < -0.39 is 0 Å². The molecule has 1 aromatic rings. The number of amides is 2. The Labute approximate surface area is 106 Å².